The highest BCUT2D eigenvalue weighted by Crippen LogP contribution is 2.36. The first-order valence-electron chi connectivity index (χ1n) is 3.93. The van der Waals surface area contributed by atoms with Crippen molar-refractivity contribution in [2.75, 3.05) is 0 Å². The number of aromatic nitrogens is 1. The van der Waals surface area contributed by atoms with Crippen LogP contribution >= 0.6 is 11.6 Å². The summed E-state index contributed by atoms with van der Waals surface area (Å²) in [4.78, 5) is 2.91. The molecule has 0 saturated heterocycles. The molecule has 1 rings (SSSR count). The van der Waals surface area contributed by atoms with E-state index in [0.29, 0.717) is 6.07 Å². The number of pyridine rings is 1. The fraction of sp³-hybridized carbons (Fsp3) is 0.375. The predicted molar refractivity (Wildman–Crippen MR) is 45.1 cm³/mol. The summed E-state index contributed by atoms with van der Waals surface area (Å²) in [6.07, 6.45) is -8.10. The summed E-state index contributed by atoms with van der Waals surface area (Å²) in [5.74, 6) is 0. The molecule has 8 heteroatoms. The molecular weight excluding hydrogens is 257 g/mol. The van der Waals surface area contributed by atoms with Gasteiger partial charge in [-0.3, -0.25) is 0 Å². The van der Waals surface area contributed by atoms with Gasteiger partial charge >= 0.3 is 6.18 Å². The molecule has 0 spiro atoms. The number of nitrogens with zero attached hydrogens (tertiary/aromatic N) is 1. The minimum atomic E-state index is -4.94. The van der Waals surface area contributed by atoms with E-state index < -0.39 is 41.2 Å². The molecule has 1 heterocycles. The Hall–Kier alpha value is -0.950. The molecule has 2 nitrogen and oxygen atoms in total. The van der Waals surface area contributed by atoms with Crippen LogP contribution in [0.4, 0.5) is 22.0 Å². The van der Waals surface area contributed by atoms with Gasteiger partial charge in [-0.1, -0.05) is 11.6 Å². The Bertz CT molecular complexity index is 393. The smallest absolute Gasteiger partial charge is 0.392 e. The zero-order chi connectivity index (χ0) is 12.5. The number of aliphatic hydroxyl groups excluding tert-OH is 1. The lowest BCUT2D eigenvalue weighted by Gasteiger charge is -2.14. The first-order valence-corrected chi connectivity index (χ1v) is 4.30. The Balaban J connectivity index is 3.49. The molecule has 1 aromatic heterocycles. The third-order valence-corrected chi connectivity index (χ3v) is 1.98. The molecule has 16 heavy (non-hydrogen) atoms. The van der Waals surface area contributed by atoms with Crippen molar-refractivity contribution in [3.05, 3.63) is 28.0 Å². The number of alkyl halides is 5. The molecule has 0 aromatic carbocycles. The van der Waals surface area contributed by atoms with Crippen molar-refractivity contribution in [3.8, 4) is 0 Å². The van der Waals surface area contributed by atoms with Crippen LogP contribution in [0.15, 0.2) is 6.07 Å². The zero-order valence-electron chi connectivity index (χ0n) is 7.52. The van der Waals surface area contributed by atoms with Crippen LogP contribution < -0.4 is 0 Å². The van der Waals surface area contributed by atoms with Gasteiger partial charge in [-0.05, 0) is 6.07 Å². The minimum Gasteiger partial charge on any atom is -0.392 e. The van der Waals surface area contributed by atoms with Crippen LogP contribution in [-0.4, -0.2) is 10.1 Å². The maximum atomic E-state index is 12.4. The number of halogens is 6. The topological polar surface area (TPSA) is 33.1 Å². The number of hydrogen-bond acceptors (Lipinski definition) is 2. The molecule has 0 fully saturated rings. The highest BCUT2D eigenvalue weighted by atomic mass is 35.5. The fourth-order valence-electron chi connectivity index (χ4n) is 1.15. The molecule has 0 radical (unpaired) electrons. The summed E-state index contributed by atoms with van der Waals surface area (Å²) >= 11 is 5.20. The normalized spacial score (nSPS) is 12.2. The molecule has 0 aliphatic rings. The van der Waals surface area contributed by atoms with Crippen LogP contribution in [0.25, 0.3) is 0 Å². The van der Waals surface area contributed by atoms with Crippen LogP contribution in [0, 0.1) is 0 Å². The maximum absolute atomic E-state index is 12.4. The first kappa shape index (κ1) is 13.1. The van der Waals surface area contributed by atoms with Crippen molar-refractivity contribution < 1.29 is 27.1 Å². The van der Waals surface area contributed by atoms with E-state index in [9.17, 15) is 22.0 Å². The Kier molecular flexibility index (Phi) is 3.69. The van der Waals surface area contributed by atoms with Crippen molar-refractivity contribution in [2.45, 2.75) is 19.2 Å². The molecule has 0 bridgehead atoms. The summed E-state index contributed by atoms with van der Waals surface area (Å²) in [6.45, 7) is -1.18. The van der Waals surface area contributed by atoms with Crippen LogP contribution in [0.5, 0.6) is 0 Å². The van der Waals surface area contributed by atoms with Gasteiger partial charge in [0.15, 0.2) is 5.69 Å². The molecule has 0 atom stereocenters. The zero-order valence-corrected chi connectivity index (χ0v) is 8.28. The molecular formula is C8H5ClF5NO. The molecule has 0 saturated carbocycles. The lowest BCUT2D eigenvalue weighted by molar-refractivity contribution is -0.142. The van der Waals surface area contributed by atoms with E-state index in [0.717, 1.165) is 0 Å². The van der Waals surface area contributed by atoms with Gasteiger partial charge in [0.2, 0.25) is 0 Å². The SMILES string of the molecule is OCc1c(C(F)F)cc(Cl)nc1C(F)(F)F. The summed E-state index contributed by atoms with van der Waals surface area (Å²) in [6, 6.07) is 0.604. The van der Waals surface area contributed by atoms with Crippen molar-refractivity contribution >= 4 is 11.6 Å². The molecule has 0 aliphatic carbocycles. The van der Waals surface area contributed by atoms with E-state index in [4.69, 9.17) is 16.7 Å². The van der Waals surface area contributed by atoms with E-state index in [-0.39, 0.29) is 0 Å². The minimum absolute atomic E-state index is 0.604. The molecule has 0 aliphatic heterocycles. The van der Waals surface area contributed by atoms with Gasteiger partial charge in [0, 0.05) is 11.1 Å². The van der Waals surface area contributed by atoms with Crippen LogP contribution in [0.2, 0.25) is 5.15 Å². The van der Waals surface area contributed by atoms with Crippen LogP contribution in [-0.2, 0) is 12.8 Å². The number of aliphatic hydroxyl groups is 1. The van der Waals surface area contributed by atoms with Crippen molar-refractivity contribution in [1.29, 1.82) is 0 Å². The highest BCUT2D eigenvalue weighted by molar-refractivity contribution is 6.29. The molecule has 0 amide bonds. The van der Waals surface area contributed by atoms with Gasteiger partial charge in [-0.15, -0.1) is 0 Å². The van der Waals surface area contributed by atoms with Gasteiger partial charge in [-0.25, -0.2) is 13.8 Å². The Morgan fingerprint density at radius 2 is 1.94 bits per heavy atom. The maximum Gasteiger partial charge on any atom is 0.433 e. The van der Waals surface area contributed by atoms with E-state index in [2.05, 4.69) is 4.98 Å². The largest absolute Gasteiger partial charge is 0.433 e. The van der Waals surface area contributed by atoms with Crippen molar-refractivity contribution in [1.82, 2.24) is 4.98 Å². The summed E-state index contributed by atoms with van der Waals surface area (Å²) in [7, 11) is 0. The van der Waals surface area contributed by atoms with E-state index in [1.54, 1.807) is 0 Å². The fourth-order valence-corrected chi connectivity index (χ4v) is 1.36. The lowest BCUT2D eigenvalue weighted by Crippen LogP contribution is -2.14. The van der Waals surface area contributed by atoms with Gasteiger partial charge in [0.05, 0.1) is 6.61 Å². The Labute approximate surface area is 91.7 Å². The second kappa shape index (κ2) is 4.50. The summed E-state index contributed by atoms with van der Waals surface area (Å²) < 4.78 is 61.9. The molecule has 90 valence electrons. The van der Waals surface area contributed by atoms with E-state index >= 15 is 0 Å². The van der Waals surface area contributed by atoms with Crippen LogP contribution in [0.3, 0.4) is 0 Å². The molecule has 1 N–H and O–H groups in total. The van der Waals surface area contributed by atoms with Gasteiger partial charge in [0.25, 0.3) is 6.43 Å². The molecule has 0 unspecified atom stereocenters. The van der Waals surface area contributed by atoms with E-state index in [1.165, 1.54) is 0 Å². The molecule has 1 aromatic rings. The average molecular weight is 262 g/mol. The lowest BCUT2D eigenvalue weighted by atomic mass is 10.1. The van der Waals surface area contributed by atoms with Gasteiger partial charge in [-0.2, -0.15) is 13.2 Å². The van der Waals surface area contributed by atoms with Gasteiger partial charge < -0.3 is 5.11 Å². The first-order chi connectivity index (χ1) is 7.27. The average Bonchev–Trinajstić information content (AvgIpc) is 2.14. The monoisotopic (exact) mass is 261 g/mol. The van der Waals surface area contributed by atoms with Gasteiger partial charge in [0.1, 0.15) is 5.15 Å². The summed E-state index contributed by atoms with van der Waals surface area (Å²) in [5, 5.41) is 7.99. The summed E-state index contributed by atoms with van der Waals surface area (Å²) in [5.41, 5.74) is -3.50. The van der Waals surface area contributed by atoms with Crippen molar-refractivity contribution in [3.63, 3.8) is 0 Å². The Morgan fingerprint density at radius 3 is 2.31 bits per heavy atom. The van der Waals surface area contributed by atoms with E-state index in [1.807, 2.05) is 0 Å². The predicted octanol–water partition coefficient (Wildman–Crippen LogP) is 3.18. The number of rotatable bonds is 2. The quantitative estimate of drug-likeness (QED) is 0.655. The Morgan fingerprint density at radius 1 is 1.38 bits per heavy atom. The third-order valence-electron chi connectivity index (χ3n) is 1.79. The second-order valence-corrected chi connectivity index (χ2v) is 3.21. The third kappa shape index (κ3) is 2.59. The van der Waals surface area contributed by atoms with Crippen LogP contribution in [0.1, 0.15) is 23.2 Å². The number of hydrogen-bond donors (Lipinski definition) is 1. The second-order valence-electron chi connectivity index (χ2n) is 2.82. The van der Waals surface area contributed by atoms with Crippen molar-refractivity contribution in [2.24, 2.45) is 0 Å². The highest BCUT2D eigenvalue weighted by Gasteiger charge is 2.37. The standard InChI is InChI=1S/C8H5ClF5NO/c9-5-1-3(7(10)11)4(2-16)6(15-5)8(12,13)14/h1,7,16H,2H2.